The average molecular weight is 493 g/mol. The minimum atomic E-state index is -1.10. The zero-order valence-corrected chi connectivity index (χ0v) is 20.3. The van der Waals surface area contributed by atoms with Crippen molar-refractivity contribution in [2.75, 3.05) is 26.2 Å². The molecule has 0 spiro atoms. The summed E-state index contributed by atoms with van der Waals surface area (Å²) in [5.41, 5.74) is 0.219. The maximum absolute atomic E-state index is 14.1. The van der Waals surface area contributed by atoms with Crippen molar-refractivity contribution in [3.63, 3.8) is 0 Å². The molecular weight excluding hydrogens is 467 g/mol. The molecule has 2 bridgehead atoms. The molecule has 186 valence electrons. The molecule has 2 aliphatic heterocycles. The highest BCUT2D eigenvalue weighted by atomic mass is 19.1. The summed E-state index contributed by atoms with van der Waals surface area (Å²) >= 11 is 0. The topological polar surface area (TPSA) is 77.5 Å². The maximum Gasteiger partial charge on any atom is 0.335 e. The summed E-state index contributed by atoms with van der Waals surface area (Å²) in [7, 11) is 4.37. The van der Waals surface area contributed by atoms with Crippen LogP contribution in [0.5, 0.6) is 23.0 Å². The molecule has 1 saturated heterocycles. The molecule has 0 unspecified atom stereocenters. The second kappa shape index (κ2) is 8.75. The lowest BCUT2D eigenvalue weighted by molar-refractivity contribution is 0.00264. The van der Waals surface area contributed by atoms with E-state index in [2.05, 4.69) is 0 Å². The smallest absolute Gasteiger partial charge is 0.335 e. The van der Waals surface area contributed by atoms with Crippen LogP contribution in [0.25, 0.3) is 0 Å². The third-order valence-corrected chi connectivity index (χ3v) is 6.58. The van der Waals surface area contributed by atoms with Crippen molar-refractivity contribution in [2.24, 2.45) is 0 Å². The van der Waals surface area contributed by atoms with E-state index in [0.29, 0.717) is 23.6 Å². The Balaban J connectivity index is 1.67. The molecule has 3 aromatic rings. The van der Waals surface area contributed by atoms with Crippen LogP contribution in [-0.4, -0.2) is 43.9 Å². The number of para-hydroxylation sites is 1. The van der Waals surface area contributed by atoms with Crippen LogP contribution in [0.1, 0.15) is 35.3 Å². The van der Waals surface area contributed by atoms with E-state index < -0.39 is 29.5 Å². The molecule has 0 N–H and O–H groups in total. The molecule has 2 aliphatic rings. The van der Waals surface area contributed by atoms with Gasteiger partial charge in [-0.3, -0.25) is 14.6 Å². The van der Waals surface area contributed by atoms with Gasteiger partial charge >= 0.3 is 6.03 Å². The number of methoxy groups -OCH3 is 3. The average Bonchev–Trinajstić information content (AvgIpc) is 2.88. The summed E-state index contributed by atoms with van der Waals surface area (Å²) in [6.45, 7) is 1.79. The standard InChI is InChI=1S/C27H25FN2O6/c1-27-15-20(19-7-5-6-8-21(19)36-27)29(26(32)30(27)18-11-9-17(28)10-12-18)25(31)16-13-22(33-2)24(35-4)23(14-16)34-3/h5-14,20H,15H2,1-4H3/t20-,27+/m0/s1. The number of halogens is 1. The molecule has 2 atom stereocenters. The van der Waals surface area contributed by atoms with Gasteiger partial charge in [0.2, 0.25) is 5.75 Å². The van der Waals surface area contributed by atoms with Crippen molar-refractivity contribution in [2.45, 2.75) is 25.1 Å². The van der Waals surface area contributed by atoms with E-state index >= 15 is 0 Å². The van der Waals surface area contributed by atoms with Crippen molar-refractivity contribution in [3.05, 3.63) is 77.6 Å². The summed E-state index contributed by atoms with van der Waals surface area (Å²) < 4.78 is 36.2. The highest BCUT2D eigenvalue weighted by Crippen LogP contribution is 2.50. The third kappa shape index (κ3) is 3.59. The first-order valence-electron chi connectivity index (χ1n) is 11.3. The number of benzene rings is 3. The lowest BCUT2D eigenvalue weighted by atomic mass is 9.88. The summed E-state index contributed by atoms with van der Waals surface area (Å²) in [5, 5.41) is 0. The molecule has 9 heteroatoms. The Morgan fingerprint density at radius 2 is 1.64 bits per heavy atom. The van der Waals surface area contributed by atoms with Gasteiger partial charge in [0.15, 0.2) is 17.2 Å². The zero-order valence-electron chi connectivity index (χ0n) is 20.3. The quantitative estimate of drug-likeness (QED) is 0.489. The number of carbonyl (C=O) groups excluding carboxylic acids is 2. The number of fused-ring (bicyclic) bond motifs is 4. The molecule has 0 aromatic heterocycles. The van der Waals surface area contributed by atoms with Gasteiger partial charge < -0.3 is 18.9 Å². The normalized spacial score (nSPS) is 20.4. The number of nitrogens with zero attached hydrogens (tertiary/aromatic N) is 2. The number of amides is 3. The Hall–Kier alpha value is -4.27. The predicted molar refractivity (Wildman–Crippen MR) is 129 cm³/mol. The van der Waals surface area contributed by atoms with E-state index in [9.17, 15) is 14.0 Å². The number of ether oxygens (including phenoxy) is 4. The van der Waals surface area contributed by atoms with Crippen molar-refractivity contribution in [3.8, 4) is 23.0 Å². The van der Waals surface area contributed by atoms with Gasteiger partial charge in [0.05, 0.1) is 27.4 Å². The second-order valence-corrected chi connectivity index (χ2v) is 8.72. The first-order valence-corrected chi connectivity index (χ1v) is 11.3. The molecule has 36 heavy (non-hydrogen) atoms. The Kier molecular flexibility index (Phi) is 5.70. The molecule has 5 rings (SSSR count). The summed E-state index contributed by atoms with van der Waals surface area (Å²) in [4.78, 5) is 30.7. The van der Waals surface area contributed by atoms with Crippen molar-refractivity contribution < 1.29 is 32.9 Å². The lowest BCUT2D eigenvalue weighted by Crippen LogP contribution is -2.67. The van der Waals surface area contributed by atoms with Crippen molar-refractivity contribution in [1.29, 1.82) is 0 Å². The minimum absolute atomic E-state index is 0.185. The van der Waals surface area contributed by atoms with Gasteiger partial charge in [-0.25, -0.2) is 9.18 Å². The number of anilines is 1. The molecule has 3 amide bonds. The van der Waals surface area contributed by atoms with Gasteiger partial charge in [-0.05, 0) is 49.4 Å². The monoisotopic (exact) mass is 492 g/mol. The van der Waals surface area contributed by atoms with Crippen LogP contribution in [0.2, 0.25) is 0 Å². The van der Waals surface area contributed by atoms with Gasteiger partial charge in [0.1, 0.15) is 11.6 Å². The minimum Gasteiger partial charge on any atom is -0.493 e. The largest absolute Gasteiger partial charge is 0.493 e. The van der Waals surface area contributed by atoms with Crippen LogP contribution >= 0.6 is 0 Å². The molecule has 0 saturated carbocycles. The van der Waals surface area contributed by atoms with E-state index in [1.54, 1.807) is 13.0 Å². The number of carbonyl (C=O) groups is 2. The molecule has 3 aromatic carbocycles. The van der Waals surface area contributed by atoms with Crippen LogP contribution in [0, 0.1) is 5.82 Å². The fourth-order valence-corrected chi connectivity index (χ4v) is 4.95. The Bertz CT molecular complexity index is 1320. The van der Waals surface area contributed by atoms with Gasteiger partial charge in [0, 0.05) is 23.2 Å². The van der Waals surface area contributed by atoms with Gasteiger partial charge in [0.25, 0.3) is 5.91 Å². The maximum atomic E-state index is 14.1. The first-order chi connectivity index (χ1) is 17.3. The number of rotatable bonds is 5. The first kappa shape index (κ1) is 23.5. The van der Waals surface area contributed by atoms with Crippen molar-refractivity contribution in [1.82, 2.24) is 4.90 Å². The fourth-order valence-electron chi connectivity index (χ4n) is 4.95. The van der Waals surface area contributed by atoms with Crippen LogP contribution in [0.15, 0.2) is 60.7 Å². The number of imide groups is 1. The van der Waals surface area contributed by atoms with Crippen LogP contribution in [0.4, 0.5) is 14.9 Å². The van der Waals surface area contributed by atoms with Gasteiger partial charge in [-0.1, -0.05) is 18.2 Å². The molecule has 0 aliphatic carbocycles. The van der Waals surface area contributed by atoms with Crippen LogP contribution < -0.4 is 23.8 Å². The zero-order chi connectivity index (χ0) is 25.6. The lowest BCUT2D eigenvalue weighted by Gasteiger charge is -2.53. The van der Waals surface area contributed by atoms with Crippen molar-refractivity contribution >= 4 is 17.6 Å². The molecule has 8 nitrogen and oxygen atoms in total. The van der Waals surface area contributed by atoms with Gasteiger partial charge in [-0.15, -0.1) is 0 Å². The van der Waals surface area contributed by atoms with E-state index in [0.717, 1.165) is 5.56 Å². The Morgan fingerprint density at radius 1 is 1.00 bits per heavy atom. The van der Waals surface area contributed by atoms with Crippen LogP contribution in [-0.2, 0) is 0 Å². The fraction of sp³-hybridized carbons (Fsp3) is 0.259. The summed E-state index contributed by atoms with van der Waals surface area (Å²) in [6, 6.07) is 14.7. The highest BCUT2D eigenvalue weighted by Gasteiger charge is 2.55. The highest BCUT2D eigenvalue weighted by molar-refractivity contribution is 6.11. The molecule has 1 fully saturated rings. The van der Waals surface area contributed by atoms with E-state index in [-0.39, 0.29) is 17.1 Å². The van der Waals surface area contributed by atoms with Gasteiger partial charge in [-0.2, -0.15) is 0 Å². The molecule has 0 radical (unpaired) electrons. The van der Waals surface area contributed by atoms with E-state index in [1.165, 1.54) is 67.5 Å². The predicted octanol–water partition coefficient (Wildman–Crippen LogP) is 5.17. The Labute approximate surface area is 207 Å². The van der Waals surface area contributed by atoms with E-state index in [1.807, 2.05) is 18.2 Å². The second-order valence-electron chi connectivity index (χ2n) is 8.72. The number of hydrogen-bond donors (Lipinski definition) is 0. The number of hydrogen-bond acceptors (Lipinski definition) is 6. The van der Waals surface area contributed by atoms with Crippen LogP contribution in [0.3, 0.4) is 0 Å². The molecule has 2 heterocycles. The SMILES string of the molecule is COc1cc(C(=O)N2C(=O)N(c3ccc(F)cc3)[C@@]3(C)C[C@H]2c2ccccc2O3)cc(OC)c1OC. The molecular formula is C27H25FN2O6. The summed E-state index contributed by atoms with van der Waals surface area (Å²) in [6.07, 6.45) is 0.309. The number of urea groups is 1. The Morgan fingerprint density at radius 3 is 2.25 bits per heavy atom. The summed E-state index contributed by atoms with van der Waals surface area (Å²) in [5.74, 6) is 0.494. The third-order valence-electron chi connectivity index (χ3n) is 6.58. The van der Waals surface area contributed by atoms with E-state index in [4.69, 9.17) is 18.9 Å².